The summed E-state index contributed by atoms with van der Waals surface area (Å²) in [6, 6.07) is 8.73. The van der Waals surface area contributed by atoms with Gasteiger partial charge in [-0.15, -0.1) is 0 Å². The molecular formula is C14H13Br2NO3. The molecule has 0 aliphatic carbocycles. The van der Waals surface area contributed by atoms with Crippen LogP contribution in [0.15, 0.2) is 50.0 Å². The Hall–Kier alpha value is -1.11. The highest BCUT2D eigenvalue weighted by molar-refractivity contribution is 9.13. The van der Waals surface area contributed by atoms with Crippen LogP contribution in [0.3, 0.4) is 0 Å². The lowest BCUT2D eigenvalue weighted by atomic mass is 10.3. The number of carbonyl (C=O) groups excluding carboxylic acids is 1. The molecular weight excluding hydrogens is 390 g/mol. The van der Waals surface area contributed by atoms with Crippen LogP contribution in [0.2, 0.25) is 0 Å². The van der Waals surface area contributed by atoms with Gasteiger partial charge in [0.1, 0.15) is 0 Å². The molecule has 20 heavy (non-hydrogen) atoms. The summed E-state index contributed by atoms with van der Waals surface area (Å²) in [7, 11) is 0. The molecule has 1 heterocycles. The number of benzene rings is 1. The van der Waals surface area contributed by atoms with Crippen molar-refractivity contribution in [3.63, 3.8) is 0 Å². The molecule has 0 atom stereocenters. The van der Waals surface area contributed by atoms with Gasteiger partial charge in [0.15, 0.2) is 5.76 Å². The summed E-state index contributed by atoms with van der Waals surface area (Å²) in [5.74, 6) is -0.0992. The first kappa shape index (κ1) is 15.3. The Balaban J connectivity index is 2.31. The molecule has 1 aromatic heterocycles. The van der Waals surface area contributed by atoms with Gasteiger partial charge < -0.3 is 4.42 Å². The number of nitrogens with zero attached hydrogens (tertiary/aromatic N) is 1. The first-order valence-electron chi connectivity index (χ1n) is 6.09. The third-order valence-corrected chi connectivity index (χ3v) is 4.36. The molecule has 0 saturated heterocycles. The summed E-state index contributed by atoms with van der Waals surface area (Å²) in [6.07, 6.45) is 2.27. The van der Waals surface area contributed by atoms with Crippen LogP contribution in [0.4, 0.5) is 5.69 Å². The van der Waals surface area contributed by atoms with Crippen LogP contribution in [-0.2, 0) is 4.84 Å². The lowest BCUT2D eigenvalue weighted by molar-refractivity contribution is 0.0623. The van der Waals surface area contributed by atoms with Crippen LogP contribution in [0.5, 0.6) is 0 Å². The molecule has 0 radical (unpaired) electrons. The number of hydrogen-bond donors (Lipinski definition) is 0. The van der Waals surface area contributed by atoms with Crippen LogP contribution in [0, 0.1) is 0 Å². The molecule has 0 bridgehead atoms. The molecule has 1 aromatic carbocycles. The van der Waals surface area contributed by atoms with Gasteiger partial charge in [0.05, 0.1) is 18.6 Å². The predicted octanol–water partition coefficient (Wildman–Crippen LogP) is 4.79. The van der Waals surface area contributed by atoms with Gasteiger partial charge in [-0.3, -0.25) is 9.63 Å². The molecule has 1 amide bonds. The second-order valence-electron chi connectivity index (χ2n) is 4.01. The Morgan fingerprint density at radius 3 is 2.70 bits per heavy atom. The fourth-order valence-electron chi connectivity index (χ4n) is 1.54. The van der Waals surface area contributed by atoms with E-state index in [0.717, 1.165) is 15.4 Å². The Bertz CT molecular complexity index is 584. The number of anilines is 1. The second kappa shape index (κ2) is 7.06. The maximum atomic E-state index is 12.4. The normalized spacial score (nSPS) is 10.6. The highest BCUT2D eigenvalue weighted by atomic mass is 79.9. The summed E-state index contributed by atoms with van der Waals surface area (Å²) in [4.78, 5) is 17.9. The van der Waals surface area contributed by atoms with Crippen LogP contribution in [-0.4, -0.2) is 12.5 Å². The number of furan rings is 1. The minimum absolute atomic E-state index is 0.236. The van der Waals surface area contributed by atoms with Gasteiger partial charge in [-0.25, -0.2) is 0 Å². The van der Waals surface area contributed by atoms with Crippen molar-refractivity contribution >= 4 is 43.5 Å². The third-order valence-electron chi connectivity index (χ3n) is 2.48. The van der Waals surface area contributed by atoms with Crippen LogP contribution < -0.4 is 5.06 Å². The van der Waals surface area contributed by atoms with Crippen molar-refractivity contribution in [3.8, 4) is 0 Å². The van der Waals surface area contributed by atoms with E-state index in [1.165, 1.54) is 11.3 Å². The molecule has 0 spiro atoms. The van der Waals surface area contributed by atoms with Crippen molar-refractivity contribution in [2.45, 2.75) is 13.3 Å². The lowest BCUT2D eigenvalue weighted by Gasteiger charge is -2.21. The quantitative estimate of drug-likeness (QED) is 0.675. The smallest absolute Gasteiger partial charge is 0.317 e. The van der Waals surface area contributed by atoms with E-state index >= 15 is 0 Å². The average Bonchev–Trinajstić information content (AvgIpc) is 2.97. The number of halogens is 2. The molecule has 106 valence electrons. The summed E-state index contributed by atoms with van der Waals surface area (Å²) in [5, 5.41) is 1.25. The summed E-state index contributed by atoms with van der Waals surface area (Å²) < 4.78 is 6.88. The van der Waals surface area contributed by atoms with E-state index in [9.17, 15) is 4.79 Å². The topological polar surface area (TPSA) is 42.7 Å². The molecule has 2 aromatic rings. The molecule has 0 aliphatic rings. The van der Waals surface area contributed by atoms with Gasteiger partial charge in [0.25, 0.3) is 0 Å². The number of hydrogen-bond acceptors (Lipinski definition) is 3. The zero-order valence-electron chi connectivity index (χ0n) is 10.8. The van der Waals surface area contributed by atoms with Crippen molar-refractivity contribution in [2.75, 3.05) is 11.7 Å². The van der Waals surface area contributed by atoms with Crippen LogP contribution in [0.1, 0.15) is 23.9 Å². The largest absolute Gasteiger partial charge is 0.459 e. The van der Waals surface area contributed by atoms with Crippen molar-refractivity contribution in [1.82, 2.24) is 0 Å². The van der Waals surface area contributed by atoms with Crippen molar-refractivity contribution in [3.05, 3.63) is 51.3 Å². The third kappa shape index (κ3) is 3.50. The molecule has 6 heteroatoms. The first-order chi connectivity index (χ1) is 9.63. The highest BCUT2D eigenvalue weighted by Crippen LogP contribution is 2.29. The molecule has 0 aliphatic heterocycles. The highest BCUT2D eigenvalue weighted by Gasteiger charge is 2.21. The van der Waals surface area contributed by atoms with E-state index in [4.69, 9.17) is 9.25 Å². The summed E-state index contributed by atoms with van der Waals surface area (Å²) >= 11 is 6.81. The Morgan fingerprint density at radius 1 is 1.30 bits per heavy atom. The predicted molar refractivity (Wildman–Crippen MR) is 83.6 cm³/mol. The minimum Gasteiger partial charge on any atom is -0.459 e. The standard InChI is InChI=1S/C14H13Br2NO3/c1-2-7-20-17(14(18)13-4-3-8-19-13)10-5-6-11(15)12(16)9-10/h3-6,8-9H,2,7H2,1H3. The van der Waals surface area contributed by atoms with Crippen molar-refractivity contribution < 1.29 is 14.0 Å². The van der Waals surface area contributed by atoms with Gasteiger partial charge in [0.2, 0.25) is 0 Å². The maximum absolute atomic E-state index is 12.4. The minimum atomic E-state index is -0.335. The molecule has 2 rings (SSSR count). The van der Waals surface area contributed by atoms with Gasteiger partial charge in [-0.1, -0.05) is 6.92 Å². The van der Waals surface area contributed by atoms with Gasteiger partial charge in [-0.05, 0) is 68.6 Å². The van der Waals surface area contributed by atoms with E-state index in [0.29, 0.717) is 12.3 Å². The fourth-order valence-corrected chi connectivity index (χ4v) is 2.16. The number of rotatable bonds is 5. The van der Waals surface area contributed by atoms with E-state index < -0.39 is 0 Å². The Labute approximate surface area is 133 Å². The van der Waals surface area contributed by atoms with Crippen LogP contribution in [0.25, 0.3) is 0 Å². The van der Waals surface area contributed by atoms with E-state index in [-0.39, 0.29) is 11.7 Å². The summed E-state index contributed by atoms with van der Waals surface area (Å²) in [6.45, 7) is 2.42. The maximum Gasteiger partial charge on any atom is 0.317 e. The van der Waals surface area contributed by atoms with Crippen LogP contribution >= 0.6 is 31.9 Å². The van der Waals surface area contributed by atoms with E-state index in [1.54, 1.807) is 24.3 Å². The number of amides is 1. The van der Waals surface area contributed by atoms with Crippen molar-refractivity contribution in [1.29, 1.82) is 0 Å². The Morgan fingerprint density at radius 2 is 2.10 bits per heavy atom. The van der Waals surface area contributed by atoms with E-state index in [2.05, 4.69) is 31.9 Å². The molecule has 0 unspecified atom stereocenters. The van der Waals surface area contributed by atoms with Crippen molar-refractivity contribution in [2.24, 2.45) is 0 Å². The zero-order valence-corrected chi connectivity index (χ0v) is 14.0. The monoisotopic (exact) mass is 401 g/mol. The number of carbonyl (C=O) groups is 1. The zero-order chi connectivity index (χ0) is 14.5. The lowest BCUT2D eigenvalue weighted by Crippen LogP contribution is -2.31. The van der Waals surface area contributed by atoms with Gasteiger partial charge >= 0.3 is 5.91 Å². The number of hydroxylamine groups is 1. The molecule has 0 fully saturated rings. The summed E-state index contributed by atoms with van der Waals surface area (Å²) in [5.41, 5.74) is 0.634. The Kier molecular flexibility index (Phi) is 5.39. The second-order valence-corrected chi connectivity index (χ2v) is 5.72. The molecule has 4 nitrogen and oxygen atoms in total. The first-order valence-corrected chi connectivity index (χ1v) is 7.68. The SMILES string of the molecule is CCCON(C(=O)c1ccco1)c1ccc(Br)c(Br)c1. The van der Waals surface area contributed by atoms with Gasteiger partial charge in [-0.2, -0.15) is 5.06 Å². The fraction of sp³-hybridized carbons (Fsp3) is 0.214. The molecule has 0 saturated carbocycles. The van der Waals surface area contributed by atoms with Gasteiger partial charge in [0, 0.05) is 8.95 Å². The van der Waals surface area contributed by atoms with E-state index in [1.807, 2.05) is 13.0 Å². The molecule has 0 N–H and O–H groups in total. The average molecular weight is 403 g/mol.